The average molecular weight is 249 g/mol. The molecule has 5 nitrogen and oxygen atoms in total. The molecule has 1 saturated heterocycles. The summed E-state index contributed by atoms with van der Waals surface area (Å²) in [6.07, 6.45) is 5.78. The van der Waals surface area contributed by atoms with E-state index >= 15 is 0 Å². The number of rotatable bonds is 1. The summed E-state index contributed by atoms with van der Waals surface area (Å²) < 4.78 is 5.36. The third-order valence-corrected chi connectivity index (χ3v) is 2.84. The molecule has 1 aromatic rings. The predicted molar refractivity (Wildman–Crippen MR) is 67.2 cm³/mol. The van der Waals surface area contributed by atoms with E-state index < -0.39 is 5.60 Å². The number of likely N-dealkylation sites (tertiary alicyclic amines) is 1. The van der Waals surface area contributed by atoms with Crippen LogP contribution in [0.4, 0.5) is 4.79 Å². The Morgan fingerprint density at radius 1 is 1.44 bits per heavy atom. The molecule has 0 bridgehead atoms. The summed E-state index contributed by atoms with van der Waals surface area (Å²) in [6, 6.07) is 0. The Bertz CT molecular complexity index is 414. The lowest BCUT2D eigenvalue weighted by atomic mass is 10.1. The molecule has 2 rings (SSSR count). The van der Waals surface area contributed by atoms with Crippen LogP contribution in [-0.2, 0) is 4.74 Å². The van der Waals surface area contributed by atoms with Crippen molar-refractivity contribution in [2.24, 2.45) is 0 Å². The number of ether oxygens (including phenoxy) is 1. The van der Waals surface area contributed by atoms with E-state index in [2.05, 4.69) is 9.97 Å². The fraction of sp³-hybridized carbons (Fsp3) is 0.615. The van der Waals surface area contributed by atoms with Gasteiger partial charge in [0.05, 0.1) is 5.69 Å². The molecule has 1 aliphatic heterocycles. The van der Waals surface area contributed by atoms with Crippen molar-refractivity contribution in [1.29, 1.82) is 0 Å². The van der Waals surface area contributed by atoms with E-state index in [-0.39, 0.29) is 12.0 Å². The lowest BCUT2D eigenvalue weighted by Gasteiger charge is -2.24. The van der Waals surface area contributed by atoms with Gasteiger partial charge in [0.1, 0.15) is 5.60 Å². The number of aromatic nitrogens is 2. The largest absolute Gasteiger partial charge is 0.444 e. The van der Waals surface area contributed by atoms with Crippen LogP contribution >= 0.6 is 0 Å². The third-order valence-electron chi connectivity index (χ3n) is 2.84. The van der Waals surface area contributed by atoms with Crippen molar-refractivity contribution in [2.45, 2.75) is 38.7 Å². The summed E-state index contributed by atoms with van der Waals surface area (Å²) >= 11 is 0. The molecule has 0 N–H and O–H groups in total. The molecule has 1 fully saturated rings. The first-order chi connectivity index (χ1) is 8.46. The highest BCUT2D eigenvalue weighted by atomic mass is 16.6. The van der Waals surface area contributed by atoms with E-state index in [1.54, 1.807) is 23.5 Å². The lowest BCUT2D eigenvalue weighted by molar-refractivity contribution is 0.0292. The molecule has 98 valence electrons. The fourth-order valence-electron chi connectivity index (χ4n) is 2.02. The second kappa shape index (κ2) is 4.92. The minimum atomic E-state index is -0.443. The van der Waals surface area contributed by atoms with Crippen molar-refractivity contribution in [3.63, 3.8) is 0 Å². The van der Waals surface area contributed by atoms with Crippen molar-refractivity contribution in [3.05, 3.63) is 24.3 Å². The molecule has 0 aromatic carbocycles. The maximum atomic E-state index is 11.9. The lowest BCUT2D eigenvalue weighted by Crippen LogP contribution is -2.35. The van der Waals surface area contributed by atoms with E-state index in [0.717, 1.165) is 18.7 Å². The Balaban J connectivity index is 1.95. The Morgan fingerprint density at radius 3 is 2.83 bits per heavy atom. The van der Waals surface area contributed by atoms with E-state index in [0.29, 0.717) is 6.54 Å². The SMILES string of the molecule is CC(C)(C)OC(=O)N1CCC(c2cnccn2)C1. The minimum Gasteiger partial charge on any atom is -0.444 e. The van der Waals surface area contributed by atoms with Crippen LogP contribution in [0.5, 0.6) is 0 Å². The van der Waals surface area contributed by atoms with Gasteiger partial charge in [-0.3, -0.25) is 9.97 Å². The molecule has 1 aliphatic rings. The summed E-state index contributed by atoms with van der Waals surface area (Å²) in [7, 11) is 0. The van der Waals surface area contributed by atoms with E-state index in [4.69, 9.17) is 4.74 Å². The van der Waals surface area contributed by atoms with E-state index in [1.807, 2.05) is 20.8 Å². The monoisotopic (exact) mass is 249 g/mol. The second-order valence-corrected chi connectivity index (χ2v) is 5.54. The second-order valence-electron chi connectivity index (χ2n) is 5.54. The van der Waals surface area contributed by atoms with E-state index in [1.165, 1.54) is 0 Å². The topological polar surface area (TPSA) is 55.3 Å². The summed E-state index contributed by atoms with van der Waals surface area (Å²) in [5, 5.41) is 0. The van der Waals surface area contributed by atoms with Crippen molar-refractivity contribution in [2.75, 3.05) is 13.1 Å². The molecule has 2 heterocycles. The average Bonchev–Trinajstić information content (AvgIpc) is 2.77. The summed E-state index contributed by atoms with van der Waals surface area (Å²) in [4.78, 5) is 22.0. The normalized spacial score (nSPS) is 19.9. The first-order valence-corrected chi connectivity index (χ1v) is 6.19. The fourth-order valence-corrected chi connectivity index (χ4v) is 2.02. The molecular weight excluding hydrogens is 230 g/mol. The summed E-state index contributed by atoms with van der Waals surface area (Å²) in [5.74, 6) is 0.270. The number of hydrogen-bond donors (Lipinski definition) is 0. The molecule has 5 heteroatoms. The molecule has 0 radical (unpaired) electrons. The van der Waals surface area contributed by atoms with E-state index in [9.17, 15) is 4.79 Å². The predicted octanol–water partition coefficient (Wildman–Crippen LogP) is 2.20. The Labute approximate surface area is 107 Å². The molecule has 0 spiro atoms. The first kappa shape index (κ1) is 12.8. The molecule has 0 saturated carbocycles. The minimum absolute atomic E-state index is 0.242. The Kier molecular flexibility index (Phi) is 3.50. The number of nitrogens with zero attached hydrogens (tertiary/aromatic N) is 3. The Morgan fingerprint density at radius 2 is 2.22 bits per heavy atom. The van der Waals surface area contributed by atoms with Crippen molar-refractivity contribution in [3.8, 4) is 0 Å². The van der Waals surface area contributed by atoms with Crippen LogP contribution in [0.2, 0.25) is 0 Å². The highest BCUT2D eigenvalue weighted by Gasteiger charge is 2.31. The van der Waals surface area contributed by atoms with Crippen LogP contribution < -0.4 is 0 Å². The molecular formula is C13H19N3O2. The maximum absolute atomic E-state index is 11.9. The molecule has 18 heavy (non-hydrogen) atoms. The maximum Gasteiger partial charge on any atom is 0.410 e. The van der Waals surface area contributed by atoms with Gasteiger partial charge in [0.2, 0.25) is 0 Å². The standard InChI is InChI=1S/C13H19N3O2/c1-13(2,3)18-12(17)16-7-4-10(9-16)11-8-14-5-6-15-11/h5-6,8,10H,4,7,9H2,1-3H3. The van der Waals surface area contributed by atoms with Gasteiger partial charge in [-0.05, 0) is 27.2 Å². The number of amides is 1. The quantitative estimate of drug-likeness (QED) is 0.765. The summed E-state index contributed by atoms with van der Waals surface area (Å²) in [5.41, 5.74) is 0.505. The van der Waals surface area contributed by atoms with Crippen molar-refractivity contribution < 1.29 is 9.53 Å². The van der Waals surface area contributed by atoms with Gasteiger partial charge >= 0.3 is 6.09 Å². The highest BCUT2D eigenvalue weighted by molar-refractivity contribution is 5.68. The van der Waals surface area contributed by atoms with Gasteiger partial charge in [-0.25, -0.2) is 4.79 Å². The van der Waals surface area contributed by atoms with Crippen molar-refractivity contribution >= 4 is 6.09 Å². The van der Waals surface area contributed by atoms with Crippen LogP contribution in [0.15, 0.2) is 18.6 Å². The van der Waals surface area contributed by atoms with Gasteiger partial charge in [0, 0.05) is 37.6 Å². The smallest absolute Gasteiger partial charge is 0.410 e. The first-order valence-electron chi connectivity index (χ1n) is 6.19. The van der Waals surface area contributed by atoms with Crippen LogP contribution in [0.25, 0.3) is 0 Å². The zero-order chi connectivity index (χ0) is 13.2. The van der Waals surface area contributed by atoms with Gasteiger partial charge < -0.3 is 9.64 Å². The van der Waals surface area contributed by atoms with Crippen LogP contribution in [0, 0.1) is 0 Å². The zero-order valence-corrected chi connectivity index (χ0v) is 11.1. The van der Waals surface area contributed by atoms with Gasteiger partial charge in [0.15, 0.2) is 0 Å². The molecule has 1 aromatic heterocycles. The third kappa shape index (κ3) is 3.18. The molecule has 0 aliphatic carbocycles. The molecule has 1 unspecified atom stereocenters. The Hall–Kier alpha value is -1.65. The molecule has 1 amide bonds. The number of carbonyl (C=O) groups is 1. The van der Waals surface area contributed by atoms with Crippen LogP contribution in [-0.4, -0.2) is 39.7 Å². The van der Waals surface area contributed by atoms with Gasteiger partial charge in [0.25, 0.3) is 0 Å². The van der Waals surface area contributed by atoms with Gasteiger partial charge in [-0.15, -0.1) is 0 Å². The highest BCUT2D eigenvalue weighted by Crippen LogP contribution is 2.26. The van der Waals surface area contributed by atoms with Crippen LogP contribution in [0.3, 0.4) is 0 Å². The van der Waals surface area contributed by atoms with Crippen molar-refractivity contribution in [1.82, 2.24) is 14.9 Å². The van der Waals surface area contributed by atoms with Crippen LogP contribution in [0.1, 0.15) is 38.8 Å². The van der Waals surface area contributed by atoms with Gasteiger partial charge in [-0.2, -0.15) is 0 Å². The van der Waals surface area contributed by atoms with Gasteiger partial charge in [-0.1, -0.05) is 0 Å². The number of carbonyl (C=O) groups excluding carboxylic acids is 1. The zero-order valence-electron chi connectivity index (χ0n) is 11.1. The summed E-state index contributed by atoms with van der Waals surface area (Å²) in [6.45, 7) is 7.01. The number of hydrogen-bond acceptors (Lipinski definition) is 4. The molecule has 1 atom stereocenters.